The highest BCUT2D eigenvalue weighted by atomic mass is 32.2. The first kappa shape index (κ1) is 20.4. The molecule has 8 nitrogen and oxygen atoms in total. The molecule has 2 fully saturated rings. The van der Waals surface area contributed by atoms with Crippen LogP contribution >= 0.6 is 0 Å². The van der Waals surface area contributed by atoms with Crippen LogP contribution in [0, 0.1) is 0 Å². The normalized spacial score (nSPS) is 17.8. The van der Waals surface area contributed by atoms with Crippen LogP contribution in [0.25, 0.3) is 23.0 Å². The van der Waals surface area contributed by atoms with Crippen LogP contribution in [0.15, 0.2) is 59.3 Å². The summed E-state index contributed by atoms with van der Waals surface area (Å²) in [5, 5.41) is 10.7. The van der Waals surface area contributed by atoms with Crippen LogP contribution in [0.5, 0.6) is 0 Å². The van der Waals surface area contributed by atoms with Crippen LogP contribution in [0.4, 0.5) is 5.82 Å². The lowest BCUT2D eigenvalue weighted by atomic mass is 10.1. The summed E-state index contributed by atoms with van der Waals surface area (Å²) < 4.78 is 26.5. The minimum absolute atomic E-state index is 0.0328. The number of nitrogens with one attached hydrogen (secondary N) is 2. The van der Waals surface area contributed by atoms with Crippen molar-refractivity contribution in [1.82, 2.24) is 19.9 Å². The van der Waals surface area contributed by atoms with Crippen LogP contribution in [0.1, 0.15) is 31.7 Å². The first-order valence-electron chi connectivity index (χ1n) is 10.5. The van der Waals surface area contributed by atoms with Crippen molar-refractivity contribution in [3.05, 3.63) is 59.9 Å². The third-order valence-corrected chi connectivity index (χ3v) is 7.35. The fourth-order valence-electron chi connectivity index (χ4n) is 3.68. The number of benzene rings is 1. The predicted molar refractivity (Wildman–Crippen MR) is 123 cm³/mol. The number of carbonyl (C=O) groups excluding carboxylic acids is 1. The molecule has 2 aliphatic rings. The molecule has 0 bridgehead atoms. The lowest BCUT2D eigenvalue weighted by Gasteiger charge is -2.11. The molecule has 9 heteroatoms. The third kappa shape index (κ3) is 3.80. The molecule has 1 aliphatic carbocycles. The van der Waals surface area contributed by atoms with Crippen molar-refractivity contribution in [3.8, 4) is 11.3 Å². The first-order chi connectivity index (χ1) is 15.3. The van der Waals surface area contributed by atoms with Gasteiger partial charge in [-0.25, -0.2) is 13.4 Å². The SMILES string of the molecule is C=C1C/C(=C\c2cnn3c(NC4CC4)cc(-c4cccc(S(=O)(=O)CC)c4)nc23)C(=O)N1. The monoisotopic (exact) mass is 449 g/mol. The molecular weight excluding hydrogens is 426 g/mol. The van der Waals surface area contributed by atoms with Gasteiger partial charge >= 0.3 is 0 Å². The second-order valence-electron chi connectivity index (χ2n) is 8.12. The van der Waals surface area contributed by atoms with Gasteiger partial charge in [0.05, 0.1) is 22.5 Å². The van der Waals surface area contributed by atoms with Crippen LogP contribution in [-0.2, 0) is 14.6 Å². The Bertz CT molecular complexity index is 1400. The molecule has 3 heterocycles. The van der Waals surface area contributed by atoms with E-state index in [9.17, 15) is 13.2 Å². The zero-order chi connectivity index (χ0) is 22.5. The number of fused-ring (bicyclic) bond motifs is 1. The Morgan fingerprint density at radius 2 is 2.12 bits per heavy atom. The Hall–Kier alpha value is -3.46. The minimum atomic E-state index is -3.34. The number of rotatable bonds is 6. The van der Waals surface area contributed by atoms with Gasteiger partial charge in [-0.1, -0.05) is 25.6 Å². The number of amides is 1. The van der Waals surface area contributed by atoms with Gasteiger partial charge in [0.1, 0.15) is 5.82 Å². The summed E-state index contributed by atoms with van der Waals surface area (Å²) in [6, 6.07) is 9.10. The summed E-state index contributed by atoms with van der Waals surface area (Å²) in [4.78, 5) is 17.2. The minimum Gasteiger partial charge on any atom is -0.367 e. The lowest BCUT2D eigenvalue weighted by Crippen LogP contribution is -2.12. The van der Waals surface area contributed by atoms with E-state index < -0.39 is 9.84 Å². The van der Waals surface area contributed by atoms with Gasteiger partial charge in [-0.3, -0.25) is 4.79 Å². The number of allylic oxidation sites excluding steroid dienone is 1. The summed E-state index contributed by atoms with van der Waals surface area (Å²) in [6.07, 6.45) is 6.10. The highest BCUT2D eigenvalue weighted by Gasteiger charge is 2.24. The highest BCUT2D eigenvalue weighted by molar-refractivity contribution is 7.91. The molecule has 3 aromatic rings. The van der Waals surface area contributed by atoms with E-state index in [1.54, 1.807) is 41.9 Å². The van der Waals surface area contributed by atoms with Gasteiger partial charge in [-0.2, -0.15) is 9.61 Å². The van der Waals surface area contributed by atoms with Crippen molar-refractivity contribution in [1.29, 1.82) is 0 Å². The Morgan fingerprint density at radius 1 is 1.31 bits per heavy atom. The second kappa shape index (κ2) is 7.59. The number of hydrogen-bond donors (Lipinski definition) is 2. The van der Waals surface area contributed by atoms with E-state index in [0.29, 0.717) is 46.2 Å². The molecule has 1 aliphatic heterocycles. The molecule has 2 N–H and O–H groups in total. The maximum atomic E-state index is 12.4. The first-order valence-corrected chi connectivity index (χ1v) is 12.2. The maximum absolute atomic E-state index is 12.4. The fraction of sp³-hybridized carbons (Fsp3) is 0.261. The molecule has 2 aromatic heterocycles. The number of carbonyl (C=O) groups is 1. The highest BCUT2D eigenvalue weighted by Crippen LogP contribution is 2.30. The second-order valence-corrected chi connectivity index (χ2v) is 10.4. The van der Waals surface area contributed by atoms with Crippen molar-refractivity contribution in [3.63, 3.8) is 0 Å². The van der Waals surface area contributed by atoms with Gasteiger partial charge in [-0.05, 0) is 31.1 Å². The van der Waals surface area contributed by atoms with Gasteiger partial charge in [0, 0.05) is 40.9 Å². The predicted octanol–water partition coefficient (Wildman–Crippen LogP) is 3.18. The number of anilines is 1. The van der Waals surface area contributed by atoms with Crippen LogP contribution in [0.2, 0.25) is 0 Å². The van der Waals surface area contributed by atoms with Crippen molar-refractivity contribution in [2.24, 2.45) is 0 Å². The largest absolute Gasteiger partial charge is 0.367 e. The Labute approximate surface area is 186 Å². The molecule has 0 atom stereocenters. The molecule has 32 heavy (non-hydrogen) atoms. The van der Waals surface area contributed by atoms with E-state index in [1.165, 1.54) is 0 Å². The summed E-state index contributed by atoms with van der Waals surface area (Å²) in [6.45, 7) is 5.45. The van der Waals surface area contributed by atoms with E-state index in [0.717, 1.165) is 18.7 Å². The topological polar surface area (TPSA) is 105 Å². The van der Waals surface area contributed by atoms with E-state index in [-0.39, 0.29) is 16.6 Å². The summed E-state index contributed by atoms with van der Waals surface area (Å²) in [7, 11) is -3.34. The summed E-state index contributed by atoms with van der Waals surface area (Å²) in [5.41, 5.74) is 3.90. The summed E-state index contributed by atoms with van der Waals surface area (Å²) in [5.74, 6) is 0.644. The fourth-order valence-corrected chi connectivity index (χ4v) is 4.61. The molecule has 164 valence electrons. The molecule has 1 saturated carbocycles. The van der Waals surface area contributed by atoms with Gasteiger partial charge in [0.25, 0.3) is 5.91 Å². The van der Waals surface area contributed by atoms with Crippen molar-refractivity contribution < 1.29 is 13.2 Å². The number of nitrogens with zero attached hydrogens (tertiary/aromatic N) is 3. The van der Waals surface area contributed by atoms with Gasteiger partial charge in [-0.15, -0.1) is 0 Å². The number of sulfone groups is 1. The zero-order valence-electron chi connectivity index (χ0n) is 17.6. The molecule has 5 rings (SSSR count). The standard InChI is InChI=1S/C23H23N5O3S/c1-3-32(30,31)19-6-4-5-15(11-19)20-12-21(26-18-7-8-18)28-22(27-20)17(13-24-28)10-16-9-14(2)25-23(16)29/h4-6,10-13,18,26H,2-3,7-9H2,1H3,(H,25,29)/b16-10+. The van der Waals surface area contributed by atoms with Crippen LogP contribution < -0.4 is 10.6 Å². The number of aromatic nitrogens is 3. The molecule has 1 amide bonds. The van der Waals surface area contributed by atoms with E-state index in [1.807, 2.05) is 12.1 Å². The van der Waals surface area contributed by atoms with Crippen LogP contribution in [-0.4, -0.2) is 40.7 Å². The van der Waals surface area contributed by atoms with E-state index in [2.05, 4.69) is 22.3 Å². The quantitative estimate of drug-likeness (QED) is 0.560. The zero-order valence-corrected chi connectivity index (χ0v) is 18.4. The molecule has 0 spiro atoms. The van der Waals surface area contributed by atoms with Crippen LogP contribution in [0.3, 0.4) is 0 Å². The maximum Gasteiger partial charge on any atom is 0.251 e. The average molecular weight is 450 g/mol. The number of hydrogen-bond acceptors (Lipinski definition) is 6. The third-order valence-electron chi connectivity index (χ3n) is 5.61. The smallest absolute Gasteiger partial charge is 0.251 e. The molecule has 1 aromatic carbocycles. The van der Waals surface area contributed by atoms with E-state index >= 15 is 0 Å². The molecule has 0 unspecified atom stereocenters. The Balaban J connectivity index is 1.65. The molecule has 1 saturated heterocycles. The Morgan fingerprint density at radius 3 is 2.81 bits per heavy atom. The van der Waals surface area contributed by atoms with Gasteiger partial charge in [0.2, 0.25) is 0 Å². The van der Waals surface area contributed by atoms with Crippen molar-refractivity contribution in [2.45, 2.75) is 37.1 Å². The Kier molecular flexibility index (Phi) is 4.85. The van der Waals surface area contributed by atoms with Crippen molar-refractivity contribution in [2.75, 3.05) is 11.1 Å². The van der Waals surface area contributed by atoms with E-state index in [4.69, 9.17) is 4.98 Å². The summed E-state index contributed by atoms with van der Waals surface area (Å²) >= 11 is 0. The molecular formula is C23H23N5O3S. The van der Waals surface area contributed by atoms with Crippen molar-refractivity contribution >= 4 is 33.3 Å². The average Bonchev–Trinajstić information content (AvgIpc) is 3.42. The van der Waals surface area contributed by atoms with Gasteiger partial charge < -0.3 is 10.6 Å². The van der Waals surface area contributed by atoms with Gasteiger partial charge in [0.15, 0.2) is 15.5 Å². The molecule has 0 radical (unpaired) electrons. The lowest BCUT2D eigenvalue weighted by molar-refractivity contribution is -0.115.